The van der Waals surface area contributed by atoms with Crippen molar-refractivity contribution >= 4 is 11.8 Å². The highest BCUT2D eigenvalue weighted by Crippen LogP contribution is 2.24. The minimum absolute atomic E-state index is 0.0561. The lowest BCUT2D eigenvalue weighted by molar-refractivity contribution is -0.143. The van der Waals surface area contributed by atoms with E-state index in [1.54, 1.807) is 60.7 Å². The minimum atomic E-state index is -0.929. The van der Waals surface area contributed by atoms with Crippen LogP contribution in [0.4, 0.5) is 4.39 Å². The van der Waals surface area contributed by atoms with Gasteiger partial charge >= 0.3 is 0 Å². The number of nitrogens with zero attached hydrogens (tertiary/aromatic N) is 1. The van der Waals surface area contributed by atoms with Crippen molar-refractivity contribution in [3.8, 4) is 5.75 Å². The number of nitrogens with one attached hydrogen (secondary N) is 1. The summed E-state index contributed by atoms with van der Waals surface area (Å²) in [4.78, 5) is 28.0. The van der Waals surface area contributed by atoms with E-state index in [1.165, 1.54) is 17.0 Å². The van der Waals surface area contributed by atoms with Crippen molar-refractivity contribution in [2.24, 2.45) is 0 Å². The summed E-state index contributed by atoms with van der Waals surface area (Å²) in [6.45, 7) is 0.0416. The molecule has 0 aliphatic rings. The molecule has 0 fully saturated rings. The smallest absolute Gasteiger partial charge is 0.261 e. The molecule has 0 bridgehead atoms. The van der Waals surface area contributed by atoms with Crippen LogP contribution in [0.3, 0.4) is 0 Å². The Morgan fingerprint density at radius 1 is 0.939 bits per heavy atom. The third-order valence-corrected chi connectivity index (χ3v) is 5.00. The van der Waals surface area contributed by atoms with Gasteiger partial charge in [-0.05, 0) is 41.8 Å². The van der Waals surface area contributed by atoms with Gasteiger partial charge in [0.15, 0.2) is 6.61 Å². The molecule has 2 amide bonds. The van der Waals surface area contributed by atoms with Crippen molar-refractivity contribution in [2.75, 3.05) is 19.8 Å². The number of halogens is 1. The van der Waals surface area contributed by atoms with E-state index in [1.807, 2.05) is 12.1 Å². The van der Waals surface area contributed by atoms with Crippen molar-refractivity contribution in [3.05, 3.63) is 102 Å². The molecule has 0 saturated carbocycles. The van der Waals surface area contributed by atoms with Crippen molar-refractivity contribution in [1.82, 2.24) is 10.2 Å². The summed E-state index contributed by atoms with van der Waals surface area (Å²) in [6, 6.07) is 22.8. The fourth-order valence-corrected chi connectivity index (χ4v) is 3.35. The summed E-state index contributed by atoms with van der Waals surface area (Å²) in [6.07, 6.45) is 0.399. The third-order valence-electron chi connectivity index (χ3n) is 5.00. The largest absolute Gasteiger partial charge is 0.484 e. The molecule has 0 spiro atoms. The van der Waals surface area contributed by atoms with Gasteiger partial charge in [-0.2, -0.15) is 0 Å². The average molecular weight is 451 g/mol. The number of aliphatic hydroxyl groups is 1. The van der Waals surface area contributed by atoms with Gasteiger partial charge in [0.25, 0.3) is 5.91 Å². The number of hydrogen-bond donors (Lipinski definition) is 2. The van der Waals surface area contributed by atoms with Gasteiger partial charge in [0.2, 0.25) is 5.91 Å². The Bertz CT molecular complexity index is 1010. The Balaban J connectivity index is 1.90. The molecule has 3 aromatic carbocycles. The fraction of sp³-hybridized carbons (Fsp3) is 0.231. The van der Waals surface area contributed by atoms with Gasteiger partial charge in [-0.25, -0.2) is 4.39 Å². The number of para-hydroxylation sites is 1. The molecular formula is C26H27FN2O4. The lowest BCUT2D eigenvalue weighted by Gasteiger charge is -2.31. The molecule has 0 aliphatic carbocycles. The van der Waals surface area contributed by atoms with Crippen LogP contribution < -0.4 is 10.1 Å². The number of carbonyl (C=O) groups is 2. The first kappa shape index (κ1) is 23.9. The van der Waals surface area contributed by atoms with Crippen LogP contribution in [0.5, 0.6) is 5.75 Å². The molecule has 7 heteroatoms. The number of ether oxygens (including phenoxy) is 1. The molecule has 33 heavy (non-hydrogen) atoms. The molecule has 0 aliphatic heterocycles. The summed E-state index contributed by atoms with van der Waals surface area (Å²) in [5.74, 6) is -0.610. The number of carbonyl (C=O) groups excluding carboxylic acids is 2. The van der Waals surface area contributed by atoms with Crippen LogP contribution in [0, 0.1) is 5.82 Å². The molecule has 6 nitrogen and oxygen atoms in total. The lowest BCUT2D eigenvalue weighted by atomic mass is 10.0. The first-order valence-corrected chi connectivity index (χ1v) is 10.7. The molecule has 0 unspecified atom stereocenters. The predicted octanol–water partition coefficient (Wildman–Crippen LogP) is 3.47. The highest BCUT2D eigenvalue weighted by atomic mass is 19.1. The van der Waals surface area contributed by atoms with E-state index < -0.39 is 11.9 Å². The molecule has 3 rings (SSSR count). The molecule has 1 atom stereocenters. The Morgan fingerprint density at radius 3 is 2.21 bits per heavy atom. The van der Waals surface area contributed by atoms with Crippen molar-refractivity contribution in [3.63, 3.8) is 0 Å². The number of benzene rings is 3. The molecule has 3 aromatic rings. The molecule has 2 N–H and O–H groups in total. The van der Waals surface area contributed by atoms with Gasteiger partial charge in [0.05, 0.1) is 0 Å². The van der Waals surface area contributed by atoms with E-state index in [2.05, 4.69) is 5.32 Å². The second-order valence-corrected chi connectivity index (χ2v) is 7.43. The molecule has 172 valence electrons. The Kier molecular flexibility index (Phi) is 8.97. The van der Waals surface area contributed by atoms with Crippen LogP contribution in [-0.4, -0.2) is 41.6 Å². The van der Waals surface area contributed by atoms with Crippen molar-refractivity contribution in [2.45, 2.75) is 19.0 Å². The van der Waals surface area contributed by atoms with Crippen LogP contribution in [0.1, 0.15) is 23.6 Å². The van der Waals surface area contributed by atoms with Gasteiger partial charge in [-0.3, -0.25) is 9.59 Å². The van der Waals surface area contributed by atoms with E-state index in [0.717, 1.165) is 0 Å². The van der Waals surface area contributed by atoms with E-state index in [4.69, 9.17) is 9.84 Å². The highest BCUT2D eigenvalue weighted by molar-refractivity contribution is 5.89. The lowest BCUT2D eigenvalue weighted by Crippen LogP contribution is -2.45. The third kappa shape index (κ3) is 7.15. The topological polar surface area (TPSA) is 78.9 Å². The Morgan fingerprint density at radius 2 is 1.58 bits per heavy atom. The predicted molar refractivity (Wildman–Crippen MR) is 123 cm³/mol. The van der Waals surface area contributed by atoms with Crippen molar-refractivity contribution < 1.29 is 23.8 Å². The number of amides is 2. The maximum atomic E-state index is 13.4. The quantitative estimate of drug-likeness (QED) is 0.439. The van der Waals surface area contributed by atoms with E-state index in [-0.39, 0.29) is 38.0 Å². The van der Waals surface area contributed by atoms with E-state index >= 15 is 0 Å². The maximum Gasteiger partial charge on any atom is 0.261 e. The second-order valence-electron chi connectivity index (χ2n) is 7.43. The average Bonchev–Trinajstić information content (AvgIpc) is 2.85. The zero-order valence-electron chi connectivity index (χ0n) is 18.2. The van der Waals surface area contributed by atoms with Gasteiger partial charge in [0.1, 0.15) is 17.6 Å². The first-order chi connectivity index (χ1) is 16.1. The van der Waals surface area contributed by atoms with Crippen LogP contribution in [-0.2, 0) is 16.1 Å². The van der Waals surface area contributed by atoms with Crippen LogP contribution in [0.2, 0.25) is 0 Å². The van der Waals surface area contributed by atoms with Gasteiger partial charge in [-0.1, -0.05) is 60.7 Å². The summed E-state index contributed by atoms with van der Waals surface area (Å²) in [7, 11) is 0. The van der Waals surface area contributed by atoms with Crippen molar-refractivity contribution in [1.29, 1.82) is 0 Å². The molecule has 0 radical (unpaired) electrons. The summed E-state index contributed by atoms with van der Waals surface area (Å²) >= 11 is 0. The molecule has 0 heterocycles. The zero-order chi connectivity index (χ0) is 23.5. The second kappa shape index (κ2) is 12.4. The van der Waals surface area contributed by atoms with Crippen LogP contribution in [0.15, 0.2) is 84.9 Å². The monoisotopic (exact) mass is 450 g/mol. The Labute approximate surface area is 192 Å². The summed E-state index contributed by atoms with van der Waals surface area (Å²) < 4.78 is 19.1. The summed E-state index contributed by atoms with van der Waals surface area (Å²) in [5.41, 5.74) is 1.31. The Hall–Kier alpha value is -3.71. The maximum absolute atomic E-state index is 13.4. The van der Waals surface area contributed by atoms with Crippen LogP contribution >= 0.6 is 0 Å². The number of rotatable bonds is 11. The molecule has 0 saturated heterocycles. The van der Waals surface area contributed by atoms with E-state index in [9.17, 15) is 14.0 Å². The zero-order valence-corrected chi connectivity index (χ0v) is 18.2. The fourth-order valence-electron chi connectivity index (χ4n) is 3.35. The normalized spacial score (nSPS) is 11.5. The first-order valence-electron chi connectivity index (χ1n) is 10.7. The highest BCUT2D eigenvalue weighted by Gasteiger charge is 2.31. The minimum Gasteiger partial charge on any atom is -0.484 e. The van der Waals surface area contributed by atoms with Gasteiger partial charge in [-0.15, -0.1) is 0 Å². The molecular weight excluding hydrogens is 423 g/mol. The number of aliphatic hydroxyl groups excluding tert-OH is 1. The SMILES string of the molecule is O=C(NCCCO)[C@H](c1ccccc1)N(Cc1ccc(F)cc1)C(=O)COc1ccccc1. The summed E-state index contributed by atoms with van der Waals surface area (Å²) in [5, 5.41) is 11.9. The van der Waals surface area contributed by atoms with Gasteiger partial charge in [0, 0.05) is 19.7 Å². The van der Waals surface area contributed by atoms with Crippen LogP contribution in [0.25, 0.3) is 0 Å². The standard InChI is InChI=1S/C26H27FN2O4/c27-22-14-12-20(13-15-22)18-29(24(31)19-33-23-10-5-2-6-11-23)25(21-8-3-1-4-9-21)26(32)28-16-7-17-30/h1-6,8-15,25,30H,7,16-19H2,(H,28,32)/t25-/m0/s1. The van der Waals surface area contributed by atoms with Gasteiger partial charge < -0.3 is 20.1 Å². The molecule has 0 aromatic heterocycles. The van der Waals surface area contributed by atoms with E-state index in [0.29, 0.717) is 23.3 Å². The number of hydrogen-bond acceptors (Lipinski definition) is 4.